The van der Waals surface area contributed by atoms with Crippen molar-refractivity contribution in [1.82, 2.24) is 9.97 Å². The molecular weight excluding hydrogens is 532 g/mol. The van der Waals surface area contributed by atoms with Crippen LogP contribution in [0.1, 0.15) is 24.0 Å². The summed E-state index contributed by atoms with van der Waals surface area (Å²) in [5, 5.41) is 18.1. The zero-order valence-corrected chi connectivity index (χ0v) is 21.5. The largest absolute Gasteiger partial charge is 1.00 e. The Labute approximate surface area is 218 Å². The molecule has 2 atom stereocenters. The number of aliphatic hydroxyl groups is 1. The highest BCUT2D eigenvalue weighted by Gasteiger charge is 2.51. The van der Waals surface area contributed by atoms with Crippen molar-refractivity contribution in [3.05, 3.63) is 76.9 Å². The molecule has 0 radical (unpaired) electrons. The first-order valence-electron chi connectivity index (χ1n) is 11.4. The van der Waals surface area contributed by atoms with Gasteiger partial charge < -0.3 is 36.6 Å². The maximum atomic E-state index is 13.5. The van der Waals surface area contributed by atoms with E-state index in [0.717, 1.165) is 25.9 Å². The van der Waals surface area contributed by atoms with E-state index in [4.69, 9.17) is 4.74 Å². The van der Waals surface area contributed by atoms with Crippen LogP contribution < -0.4 is 22.3 Å². The van der Waals surface area contributed by atoms with E-state index in [1.807, 2.05) is 11.4 Å². The third kappa shape index (κ3) is 5.16. The fourth-order valence-electron chi connectivity index (χ4n) is 5.20. The zero-order valence-electron chi connectivity index (χ0n) is 19.0. The lowest BCUT2D eigenvalue weighted by molar-refractivity contribution is -0.939. The van der Waals surface area contributed by atoms with Gasteiger partial charge in [-0.2, -0.15) is 11.3 Å². The number of hydrogen-bond acceptors (Lipinski definition) is 7. The number of benzene rings is 1. The first kappa shape index (κ1) is 25.4. The summed E-state index contributed by atoms with van der Waals surface area (Å²) in [4.78, 5) is 34.2. The van der Waals surface area contributed by atoms with Crippen LogP contribution in [0, 0.1) is 5.92 Å². The maximum Gasteiger partial charge on any atom is 0.348 e. The number of quaternary nitrogens is 1. The van der Waals surface area contributed by atoms with Crippen LogP contribution in [0.3, 0.4) is 0 Å². The topological polar surface area (TPSA) is 101 Å². The minimum atomic E-state index is -1.87. The Morgan fingerprint density at radius 1 is 1.14 bits per heavy atom. The number of nitrogens with one attached hydrogen (secondary N) is 1. The Morgan fingerprint density at radius 3 is 2.57 bits per heavy atom. The molecule has 2 bridgehead atoms. The highest BCUT2D eigenvalue weighted by molar-refractivity contribution is 7.08. The highest BCUT2D eigenvalue weighted by Crippen LogP contribution is 2.38. The Morgan fingerprint density at radius 2 is 1.91 bits per heavy atom. The average Bonchev–Trinajstić information content (AvgIpc) is 3.40. The molecule has 5 heterocycles. The number of thiophene rings is 1. The molecule has 8 nitrogen and oxygen atoms in total. The van der Waals surface area contributed by atoms with Gasteiger partial charge in [-0.1, -0.05) is 30.3 Å². The smallest absolute Gasteiger partial charge is 0.348 e. The van der Waals surface area contributed by atoms with E-state index in [9.17, 15) is 14.7 Å². The van der Waals surface area contributed by atoms with E-state index in [1.165, 1.54) is 17.7 Å². The summed E-state index contributed by atoms with van der Waals surface area (Å²) in [5.41, 5.74) is -0.890. The van der Waals surface area contributed by atoms with Crippen molar-refractivity contribution < 1.29 is 40.9 Å². The minimum Gasteiger partial charge on any atom is -1.00 e. The number of amides is 1. The Bertz CT molecular complexity index is 1140. The summed E-state index contributed by atoms with van der Waals surface area (Å²) in [6.45, 7) is 2.58. The normalized spacial score (nSPS) is 24.6. The van der Waals surface area contributed by atoms with Gasteiger partial charge in [0, 0.05) is 30.5 Å². The molecule has 1 aromatic carbocycles. The van der Waals surface area contributed by atoms with E-state index >= 15 is 0 Å². The molecule has 1 unspecified atom stereocenters. The average molecular weight is 559 g/mol. The van der Waals surface area contributed by atoms with Crippen molar-refractivity contribution in [2.75, 3.05) is 31.5 Å². The lowest BCUT2D eigenvalue weighted by Gasteiger charge is -2.51. The SMILES string of the molecule is O=C(C[N+]12CCC(CC1)C(OC(=O)[C@@](O)(c1ccccc1)c1ccsc1)C2)Nc1ccncn1.[Br-]. The van der Waals surface area contributed by atoms with Crippen LogP contribution in [-0.4, -0.2) is 63.7 Å². The molecule has 3 fully saturated rings. The van der Waals surface area contributed by atoms with E-state index in [1.54, 1.807) is 48.0 Å². The molecule has 1 amide bonds. The number of halogens is 1. The summed E-state index contributed by atoms with van der Waals surface area (Å²) in [6.07, 6.45) is 4.38. The summed E-state index contributed by atoms with van der Waals surface area (Å²) in [6, 6.07) is 12.3. The van der Waals surface area contributed by atoms with Crippen LogP contribution in [-0.2, 0) is 19.9 Å². The van der Waals surface area contributed by atoms with E-state index in [2.05, 4.69) is 15.3 Å². The van der Waals surface area contributed by atoms with Gasteiger partial charge >= 0.3 is 5.97 Å². The third-order valence-corrected chi connectivity index (χ3v) is 7.74. The van der Waals surface area contributed by atoms with Crippen LogP contribution >= 0.6 is 11.3 Å². The quantitative estimate of drug-likeness (QED) is 0.301. The second kappa shape index (κ2) is 10.5. The lowest BCUT2D eigenvalue weighted by Crippen LogP contribution is -3.00. The van der Waals surface area contributed by atoms with Gasteiger partial charge in [-0.3, -0.25) is 4.79 Å². The summed E-state index contributed by atoms with van der Waals surface area (Å²) in [7, 11) is 0. The fraction of sp³-hybridized carbons (Fsp3) is 0.360. The predicted molar refractivity (Wildman–Crippen MR) is 127 cm³/mol. The highest BCUT2D eigenvalue weighted by atomic mass is 79.9. The molecule has 6 rings (SSSR count). The number of anilines is 1. The van der Waals surface area contributed by atoms with Crippen LogP contribution in [0.25, 0.3) is 0 Å². The second-order valence-corrected chi connectivity index (χ2v) is 9.92. The molecule has 2 N–H and O–H groups in total. The standard InChI is InChI=1S/C25H26N4O4S.BrH/c30-23(28-22-6-10-26-17-27-22)15-29-11-7-18(8-12-29)21(14-29)33-24(31)25(32,20-9-13-34-16-20)19-4-2-1-3-5-19;/h1-6,9-10,13,16-18,21,32H,7-8,11-12,14-15H2;1H/t18?,21?,25-,29?;/m1./s1. The van der Waals surface area contributed by atoms with Gasteiger partial charge in [0.15, 0.2) is 12.6 Å². The molecule has 2 aromatic heterocycles. The second-order valence-electron chi connectivity index (χ2n) is 9.14. The zero-order chi connectivity index (χ0) is 23.6. The molecule has 0 saturated carbocycles. The predicted octanol–water partition coefficient (Wildman–Crippen LogP) is -0.431. The van der Waals surface area contributed by atoms with Crippen molar-refractivity contribution in [2.45, 2.75) is 24.5 Å². The Kier molecular flexibility index (Phi) is 7.65. The minimum absolute atomic E-state index is 0. The number of ether oxygens (including phenoxy) is 1. The van der Waals surface area contributed by atoms with E-state index in [0.29, 0.717) is 28.0 Å². The van der Waals surface area contributed by atoms with Gasteiger partial charge in [-0.15, -0.1) is 0 Å². The van der Waals surface area contributed by atoms with Gasteiger partial charge in [-0.25, -0.2) is 14.8 Å². The monoisotopic (exact) mass is 558 g/mol. The van der Waals surface area contributed by atoms with Crippen molar-refractivity contribution in [3.63, 3.8) is 0 Å². The number of fused-ring (bicyclic) bond motifs is 3. The number of esters is 1. The Balaban J connectivity index is 0.00000289. The molecule has 3 aliphatic heterocycles. The van der Waals surface area contributed by atoms with Crippen molar-refractivity contribution >= 4 is 29.0 Å². The van der Waals surface area contributed by atoms with Crippen LogP contribution in [0.4, 0.5) is 5.82 Å². The van der Waals surface area contributed by atoms with Crippen molar-refractivity contribution in [1.29, 1.82) is 0 Å². The molecule has 3 saturated heterocycles. The van der Waals surface area contributed by atoms with Gasteiger partial charge in [0.25, 0.3) is 5.91 Å². The molecule has 3 aliphatic rings. The first-order valence-corrected chi connectivity index (χ1v) is 12.4. The third-order valence-electron chi connectivity index (χ3n) is 7.05. The van der Waals surface area contributed by atoms with Gasteiger partial charge in [0.2, 0.25) is 5.60 Å². The first-order chi connectivity index (χ1) is 16.5. The van der Waals surface area contributed by atoms with Crippen LogP contribution in [0.2, 0.25) is 0 Å². The molecule has 0 aliphatic carbocycles. The van der Waals surface area contributed by atoms with Crippen LogP contribution in [0.5, 0.6) is 0 Å². The summed E-state index contributed by atoms with van der Waals surface area (Å²) >= 11 is 1.42. The number of nitrogens with zero attached hydrogens (tertiary/aromatic N) is 3. The van der Waals surface area contributed by atoms with Gasteiger partial charge in [-0.05, 0) is 28.5 Å². The van der Waals surface area contributed by atoms with Gasteiger partial charge in [0.05, 0.1) is 13.1 Å². The number of carbonyl (C=O) groups is 2. The maximum absolute atomic E-state index is 13.5. The number of carbonyl (C=O) groups excluding carboxylic acids is 2. The van der Waals surface area contributed by atoms with Gasteiger partial charge in [0.1, 0.15) is 18.7 Å². The fourth-order valence-corrected chi connectivity index (χ4v) is 5.90. The summed E-state index contributed by atoms with van der Waals surface area (Å²) in [5.74, 6) is -0.0873. The van der Waals surface area contributed by atoms with Crippen molar-refractivity contribution in [2.24, 2.45) is 5.92 Å². The molecule has 3 aromatic rings. The van der Waals surface area contributed by atoms with E-state index in [-0.39, 0.29) is 41.5 Å². The summed E-state index contributed by atoms with van der Waals surface area (Å²) < 4.78 is 6.60. The molecular formula is C25H27BrN4O4S. The van der Waals surface area contributed by atoms with E-state index < -0.39 is 11.6 Å². The number of piperidine rings is 3. The number of rotatable bonds is 7. The molecule has 10 heteroatoms. The number of hydrogen-bond donors (Lipinski definition) is 2. The lowest BCUT2D eigenvalue weighted by atomic mass is 9.82. The molecule has 0 spiro atoms. The van der Waals surface area contributed by atoms with Crippen LogP contribution in [0.15, 0.2) is 65.7 Å². The van der Waals surface area contributed by atoms with Crippen molar-refractivity contribution in [3.8, 4) is 0 Å². The molecule has 35 heavy (non-hydrogen) atoms. The number of aromatic nitrogens is 2. The molecule has 184 valence electrons. The Hall–Kier alpha value is -2.66.